The molecule has 2 atom stereocenters. The fourth-order valence-corrected chi connectivity index (χ4v) is 2.97. The average molecular weight is 269 g/mol. The standard InChI is InChI=1S/C13H23N3O3/c1-9(12(17)18)7-15(2)13(19)14-11-8-16-5-3-10(11)4-6-16/h9-11H,3-8H2,1-2H3,(H,14,19)(H,17,18). The highest BCUT2D eigenvalue weighted by atomic mass is 16.4. The highest BCUT2D eigenvalue weighted by Gasteiger charge is 2.35. The second-order valence-electron chi connectivity index (χ2n) is 5.81. The maximum Gasteiger partial charge on any atom is 0.317 e. The van der Waals surface area contributed by atoms with Crippen LogP contribution < -0.4 is 5.32 Å². The third-order valence-electron chi connectivity index (χ3n) is 4.28. The van der Waals surface area contributed by atoms with E-state index in [9.17, 15) is 9.59 Å². The van der Waals surface area contributed by atoms with Crippen molar-refractivity contribution in [2.45, 2.75) is 25.8 Å². The van der Waals surface area contributed by atoms with Crippen molar-refractivity contribution < 1.29 is 14.7 Å². The van der Waals surface area contributed by atoms with E-state index in [1.54, 1.807) is 14.0 Å². The summed E-state index contributed by atoms with van der Waals surface area (Å²) in [6.45, 7) is 5.06. The third-order valence-corrected chi connectivity index (χ3v) is 4.28. The number of rotatable bonds is 4. The van der Waals surface area contributed by atoms with E-state index in [0.29, 0.717) is 5.92 Å². The first-order valence-electron chi connectivity index (χ1n) is 6.94. The number of hydrogen-bond acceptors (Lipinski definition) is 3. The van der Waals surface area contributed by atoms with Gasteiger partial charge >= 0.3 is 12.0 Å². The van der Waals surface area contributed by atoms with Crippen LogP contribution in [0.25, 0.3) is 0 Å². The molecule has 0 radical (unpaired) electrons. The molecule has 2 unspecified atom stereocenters. The molecule has 3 saturated heterocycles. The Kier molecular flexibility index (Phi) is 4.29. The molecular formula is C13H23N3O3. The maximum atomic E-state index is 12.0. The number of aliphatic carboxylic acids is 1. The zero-order valence-corrected chi connectivity index (χ0v) is 11.6. The van der Waals surface area contributed by atoms with Crippen molar-refractivity contribution in [3.05, 3.63) is 0 Å². The number of piperidine rings is 3. The lowest BCUT2D eigenvalue weighted by molar-refractivity contribution is -0.141. The Balaban J connectivity index is 1.82. The average Bonchev–Trinajstić information content (AvgIpc) is 2.39. The molecular weight excluding hydrogens is 246 g/mol. The summed E-state index contributed by atoms with van der Waals surface area (Å²) in [4.78, 5) is 26.7. The van der Waals surface area contributed by atoms with E-state index in [-0.39, 0.29) is 18.6 Å². The van der Waals surface area contributed by atoms with Crippen LogP contribution in [0.15, 0.2) is 0 Å². The molecule has 6 heteroatoms. The minimum atomic E-state index is -0.873. The number of nitrogens with one attached hydrogen (secondary N) is 1. The topological polar surface area (TPSA) is 72.9 Å². The first-order chi connectivity index (χ1) is 8.97. The van der Waals surface area contributed by atoms with Crippen LogP contribution in [0.3, 0.4) is 0 Å². The van der Waals surface area contributed by atoms with Crippen LogP contribution in [-0.2, 0) is 4.79 Å². The van der Waals surface area contributed by atoms with Gasteiger partial charge < -0.3 is 20.2 Å². The summed E-state index contributed by atoms with van der Waals surface area (Å²) >= 11 is 0. The Morgan fingerprint density at radius 3 is 2.53 bits per heavy atom. The van der Waals surface area contributed by atoms with Crippen LogP contribution >= 0.6 is 0 Å². The van der Waals surface area contributed by atoms with E-state index in [1.165, 1.54) is 4.90 Å². The first-order valence-corrected chi connectivity index (χ1v) is 6.94. The molecule has 0 spiro atoms. The van der Waals surface area contributed by atoms with E-state index in [2.05, 4.69) is 10.2 Å². The van der Waals surface area contributed by atoms with Gasteiger partial charge in [0.15, 0.2) is 0 Å². The van der Waals surface area contributed by atoms with Gasteiger partial charge in [-0.2, -0.15) is 0 Å². The molecule has 2 amide bonds. The highest BCUT2D eigenvalue weighted by Crippen LogP contribution is 2.27. The van der Waals surface area contributed by atoms with Crippen molar-refractivity contribution >= 4 is 12.0 Å². The van der Waals surface area contributed by atoms with E-state index < -0.39 is 11.9 Å². The second-order valence-corrected chi connectivity index (χ2v) is 5.81. The van der Waals surface area contributed by atoms with Crippen LogP contribution in [0.4, 0.5) is 4.79 Å². The van der Waals surface area contributed by atoms with Crippen molar-refractivity contribution in [3.8, 4) is 0 Å². The van der Waals surface area contributed by atoms with Crippen molar-refractivity contribution in [2.24, 2.45) is 11.8 Å². The molecule has 3 fully saturated rings. The number of urea groups is 1. The number of nitrogens with zero attached hydrogens (tertiary/aromatic N) is 2. The summed E-state index contributed by atoms with van der Waals surface area (Å²) in [5, 5.41) is 11.9. The Morgan fingerprint density at radius 1 is 1.42 bits per heavy atom. The molecule has 108 valence electrons. The lowest BCUT2D eigenvalue weighted by Crippen LogP contribution is -2.59. The summed E-state index contributed by atoms with van der Waals surface area (Å²) in [6.07, 6.45) is 2.31. The fourth-order valence-electron chi connectivity index (χ4n) is 2.97. The Hall–Kier alpha value is -1.30. The van der Waals surface area contributed by atoms with Crippen molar-refractivity contribution in [2.75, 3.05) is 33.2 Å². The molecule has 0 aromatic rings. The Labute approximate surface area is 113 Å². The number of amides is 2. The van der Waals surface area contributed by atoms with Gasteiger partial charge in [0, 0.05) is 26.2 Å². The van der Waals surface area contributed by atoms with E-state index in [0.717, 1.165) is 32.5 Å². The lowest BCUT2D eigenvalue weighted by Gasteiger charge is -2.45. The van der Waals surface area contributed by atoms with E-state index in [4.69, 9.17) is 5.11 Å². The quantitative estimate of drug-likeness (QED) is 0.777. The maximum absolute atomic E-state index is 12.0. The van der Waals surface area contributed by atoms with Crippen LogP contribution in [0.5, 0.6) is 0 Å². The summed E-state index contributed by atoms with van der Waals surface area (Å²) in [5.41, 5.74) is 0. The number of carbonyl (C=O) groups excluding carboxylic acids is 1. The molecule has 0 aromatic carbocycles. The van der Waals surface area contributed by atoms with Crippen molar-refractivity contribution in [1.29, 1.82) is 0 Å². The number of carbonyl (C=O) groups is 2. The Bertz CT molecular complexity index is 353. The van der Waals surface area contributed by atoms with Gasteiger partial charge in [-0.25, -0.2) is 4.79 Å². The van der Waals surface area contributed by atoms with Gasteiger partial charge in [0.05, 0.1) is 5.92 Å². The van der Waals surface area contributed by atoms with Crippen LogP contribution in [-0.4, -0.2) is 66.2 Å². The number of carboxylic acids is 1. The smallest absolute Gasteiger partial charge is 0.317 e. The van der Waals surface area contributed by atoms with Gasteiger partial charge in [0.1, 0.15) is 0 Å². The van der Waals surface area contributed by atoms with Crippen molar-refractivity contribution in [1.82, 2.24) is 15.1 Å². The predicted octanol–water partition coefficient (Wildman–Crippen LogP) is 0.443. The largest absolute Gasteiger partial charge is 0.481 e. The monoisotopic (exact) mass is 269 g/mol. The minimum Gasteiger partial charge on any atom is -0.481 e. The molecule has 2 bridgehead atoms. The van der Waals surface area contributed by atoms with E-state index >= 15 is 0 Å². The van der Waals surface area contributed by atoms with E-state index in [1.807, 2.05) is 0 Å². The molecule has 3 heterocycles. The summed E-state index contributed by atoms with van der Waals surface area (Å²) in [5.74, 6) is -0.830. The number of fused-ring (bicyclic) bond motifs is 3. The highest BCUT2D eigenvalue weighted by molar-refractivity contribution is 5.76. The summed E-state index contributed by atoms with van der Waals surface area (Å²) < 4.78 is 0. The van der Waals surface area contributed by atoms with Gasteiger partial charge in [0.25, 0.3) is 0 Å². The second kappa shape index (κ2) is 5.77. The molecule has 0 saturated carbocycles. The summed E-state index contributed by atoms with van der Waals surface area (Å²) in [7, 11) is 1.65. The molecule has 3 rings (SSSR count). The third kappa shape index (κ3) is 3.37. The zero-order valence-electron chi connectivity index (χ0n) is 11.6. The van der Waals surface area contributed by atoms with Gasteiger partial charge in [0.2, 0.25) is 0 Å². The van der Waals surface area contributed by atoms with Crippen molar-refractivity contribution in [3.63, 3.8) is 0 Å². The number of carboxylic acid groups (broad SMARTS) is 1. The molecule has 0 aliphatic carbocycles. The number of hydrogen-bond donors (Lipinski definition) is 2. The summed E-state index contributed by atoms with van der Waals surface area (Å²) in [6, 6.07) is 0.0597. The van der Waals surface area contributed by atoms with Gasteiger partial charge in [-0.3, -0.25) is 4.79 Å². The van der Waals surface area contributed by atoms with Gasteiger partial charge in [-0.1, -0.05) is 6.92 Å². The SMILES string of the molecule is CC(CN(C)C(=O)NC1CN2CCC1CC2)C(=O)O. The normalized spacial score (nSPS) is 30.7. The van der Waals surface area contributed by atoms with Crippen LogP contribution in [0.1, 0.15) is 19.8 Å². The van der Waals surface area contributed by atoms with Gasteiger partial charge in [-0.15, -0.1) is 0 Å². The molecule has 3 aliphatic heterocycles. The molecule has 0 aromatic heterocycles. The molecule has 2 N–H and O–H groups in total. The lowest BCUT2D eigenvalue weighted by atomic mass is 9.84. The molecule has 19 heavy (non-hydrogen) atoms. The van der Waals surface area contributed by atoms with Gasteiger partial charge in [-0.05, 0) is 31.8 Å². The first kappa shape index (κ1) is 14.1. The minimum absolute atomic E-state index is 0.160. The Morgan fingerprint density at radius 2 is 2.05 bits per heavy atom. The van der Waals surface area contributed by atoms with Crippen LogP contribution in [0, 0.1) is 11.8 Å². The molecule has 6 nitrogen and oxygen atoms in total. The van der Waals surface area contributed by atoms with Crippen LogP contribution in [0.2, 0.25) is 0 Å². The predicted molar refractivity (Wildman–Crippen MR) is 70.9 cm³/mol. The molecule has 3 aliphatic rings. The zero-order chi connectivity index (χ0) is 14.0. The fraction of sp³-hybridized carbons (Fsp3) is 0.846.